The van der Waals surface area contributed by atoms with E-state index in [2.05, 4.69) is 5.32 Å². The van der Waals surface area contributed by atoms with Crippen LogP contribution in [0.4, 0.5) is 11.4 Å². The highest BCUT2D eigenvalue weighted by Crippen LogP contribution is 2.31. The Morgan fingerprint density at radius 2 is 2.04 bits per heavy atom. The van der Waals surface area contributed by atoms with E-state index in [1.165, 1.54) is 37.1 Å². The lowest BCUT2D eigenvalue weighted by atomic mass is 10.2. The highest BCUT2D eigenvalue weighted by Gasteiger charge is 2.14. The van der Waals surface area contributed by atoms with E-state index in [-0.39, 0.29) is 23.0 Å². The van der Waals surface area contributed by atoms with Crippen LogP contribution in [0.2, 0.25) is 10.0 Å². The number of carbonyl (C=O) groups is 1. The molecular formula is C15H12Cl2N2O4S. The number of hydrogen-bond donors (Lipinski definition) is 1. The van der Waals surface area contributed by atoms with Crippen molar-refractivity contribution >= 4 is 52.2 Å². The molecule has 0 saturated heterocycles. The summed E-state index contributed by atoms with van der Waals surface area (Å²) >= 11 is 13.1. The third-order valence-corrected chi connectivity index (χ3v) is 4.65. The maximum atomic E-state index is 12.1. The van der Waals surface area contributed by atoms with E-state index < -0.39 is 4.92 Å². The number of rotatable bonds is 6. The second-order valence-electron chi connectivity index (χ2n) is 4.55. The summed E-state index contributed by atoms with van der Waals surface area (Å²) in [6.07, 6.45) is 0. The lowest BCUT2D eigenvalue weighted by molar-refractivity contribution is -0.384. The Bertz CT molecular complexity index is 786. The van der Waals surface area contributed by atoms with Crippen LogP contribution in [0.15, 0.2) is 41.3 Å². The summed E-state index contributed by atoms with van der Waals surface area (Å²) in [5, 5.41) is 14.4. The van der Waals surface area contributed by atoms with Crippen LogP contribution in [0.25, 0.3) is 0 Å². The molecule has 6 nitrogen and oxygen atoms in total. The number of benzene rings is 2. The predicted octanol–water partition coefficient (Wildman–Crippen LogP) is 4.64. The Balaban J connectivity index is 2.08. The lowest BCUT2D eigenvalue weighted by Crippen LogP contribution is -2.15. The standard InChI is InChI=1S/C15H12Cl2N2O4S/c1-23-13-5-3-10(19(21)22)7-12(13)18-15(20)8-24-14-6-9(16)2-4-11(14)17/h2-7H,8H2,1H3,(H,18,20). The van der Waals surface area contributed by atoms with Gasteiger partial charge >= 0.3 is 0 Å². The quantitative estimate of drug-likeness (QED) is 0.444. The second kappa shape index (κ2) is 8.23. The summed E-state index contributed by atoms with van der Waals surface area (Å²) in [5.41, 5.74) is 0.0890. The Labute approximate surface area is 152 Å². The number of halogens is 2. The molecule has 2 aromatic carbocycles. The minimum atomic E-state index is -0.546. The molecule has 0 fully saturated rings. The molecule has 0 aromatic heterocycles. The summed E-state index contributed by atoms with van der Waals surface area (Å²) in [4.78, 5) is 23.1. The van der Waals surface area contributed by atoms with Crippen LogP contribution in [-0.4, -0.2) is 23.7 Å². The van der Waals surface area contributed by atoms with Gasteiger partial charge in [-0.3, -0.25) is 14.9 Å². The summed E-state index contributed by atoms with van der Waals surface area (Å²) in [7, 11) is 1.41. The Morgan fingerprint density at radius 1 is 1.29 bits per heavy atom. The van der Waals surface area contributed by atoms with E-state index >= 15 is 0 Å². The Kier molecular flexibility index (Phi) is 6.30. The third-order valence-electron chi connectivity index (χ3n) is 2.92. The van der Waals surface area contributed by atoms with Gasteiger partial charge in [-0.2, -0.15) is 0 Å². The molecular weight excluding hydrogens is 375 g/mol. The number of hydrogen-bond acceptors (Lipinski definition) is 5. The van der Waals surface area contributed by atoms with E-state index in [9.17, 15) is 14.9 Å². The van der Waals surface area contributed by atoms with E-state index in [1.54, 1.807) is 18.2 Å². The van der Waals surface area contributed by atoms with E-state index in [0.29, 0.717) is 20.7 Å². The van der Waals surface area contributed by atoms with Gasteiger partial charge in [0.25, 0.3) is 5.69 Å². The number of non-ortho nitro benzene ring substituents is 1. The SMILES string of the molecule is COc1ccc([N+](=O)[O-])cc1NC(=O)CSc1cc(Cl)ccc1Cl. The van der Waals surface area contributed by atoms with E-state index in [4.69, 9.17) is 27.9 Å². The van der Waals surface area contributed by atoms with Crippen LogP contribution in [-0.2, 0) is 4.79 Å². The van der Waals surface area contributed by atoms with Gasteiger partial charge in [0.15, 0.2) is 0 Å². The zero-order chi connectivity index (χ0) is 17.7. The number of methoxy groups -OCH3 is 1. The van der Waals surface area contributed by atoms with Crippen molar-refractivity contribution in [3.63, 3.8) is 0 Å². The fraction of sp³-hybridized carbons (Fsp3) is 0.133. The first kappa shape index (κ1) is 18.4. The molecule has 24 heavy (non-hydrogen) atoms. The van der Waals surface area contributed by atoms with Crippen molar-refractivity contribution in [1.82, 2.24) is 0 Å². The molecule has 0 aliphatic heterocycles. The van der Waals surface area contributed by atoms with Gasteiger partial charge in [-0.1, -0.05) is 23.2 Å². The lowest BCUT2D eigenvalue weighted by Gasteiger charge is -2.10. The summed E-state index contributed by atoms with van der Waals surface area (Å²) in [6.45, 7) is 0. The van der Waals surface area contributed by atoms with E-state index in [0.717, 1.165) is 0 Å². The van der Waals surface area contributed by atoms with Crippen molar-refractivity contribution in [1.29, 1.82) is 0 Å². The zero-order valence-electron chi connectivity index (χ0n) is 12.4. The van der Waals surface area contributed by atoms with Crippen molar-refractivity contribution < 1.29 is 14.5 Å². The molecule has 0 spiro atoms. The van der Waals surface area contributed by atoms with Gasteiger partial charge in [-0.05, 0) is 24.3 Å². The highest BCUT2D eigenvalue weighted by molar-refractivity contribution is 8.00. The molecule has 0 aliphatic rings. The maximum absolute atomic E-state index is 12.1. The smallest absolute Gasteiger partial charge is 0.271 e. The molecule has 126 valence electrons. The molecule has 0 bridgehead atoms. The number of thioether (sulfide) groups is 1. The number of nitro benzene ring substituents is 1. The van der Waals surface area contributed by atoms with Crippen LogP contribution in [0.5, 0.6) is 5.75 Å². The zero-order valence-corrected chi connectivity index (χ0v) is 14.7. The molecule has 1 N–H and O–H groups in total. The molecule has 0 atom stereocenters. The fourth-order valence-electron chi connectivity index (χ4n) is 1.82. The van der Waals surface area contributed by atoms with Crippen LogP contribution in [0.3, 0.4) is 0 Å². The maximum Gasteiger partial charge on any atom is 0.271 e. The molecule has 0 radical (unpaired) electrons. The van der Waals surface area contributed by atoms with E-state index in [1.807, 2.05) is 0 Å². The summed E-state index contributed by atoms with van der Waals surface area (Å²) in [6, 6.07) is 8.93. The van der Waals surface area contributed by atoms with Crippen LogP contribution >= 0.6 is 35.0 Å². The first-order valence-electron chi connectivity index (χ1n) is 6.61. The number of nitrogens with zero attached hydrogens (tertiary/aromatic N) is 1. The monoisotopic (exact) mass is 386 g/mol. The van der Waals surface area contributed by atoms with Crippen molar-refractivity contribution in [3.05, 3.63) is 56.6 Å². The highest BCUT2D eigenvalue weighted by atomic mass is 35.5. The van der Waals surface area contributed by atoms with Gasteiger partial charge in [-0.25, -0.2) is 0 Å². The topological polar surface area (TPSA) is 81.5 Å². The number of nitro groups is 1. The largest absolute Gasteiger partial charge is 0.495 e. The van der Waals surface area contributed by atoms with Gasteiger partial charge in [0.1, 0.15) is 5.75 Å². The average Bonchev–Trinajstić information content (AvgIpc) is 2.55. The molecule has 2 rings (SSSR count). The Hall–Kier alpha value is -1.96. The molecule has 0 aliphatic carbocycles. The van der Waals surface area contributed by atoms with Gasteiger partial charge in [-0.15, -0.1) is 11.8 Å². The average molecular weight is 387 g/mol. The normalized spacial score (nSPS) is 10.3. The molecule has 0 unspecified atom stereocenters. The van der Waals surface area contributed by atoms with Gasteiger partial charge in [0, 0.05) is 22.1 Å². The van der Waals surface area contributed by atoms with Crippen LogP contribution in [0, 0.1) is 10.1 Å². The predicted molar refractivity (Wildman–Crippen MR) is 95.5 cm³/mol. The molecule has 0 saturated carbocycles. The van der Waals surface area contributed by atoms with Crippen molar-refractivity contribution in [2.75, 3.05) is 18.2 Å². The van der Waals surface area contributed by atoms with Gasteiger partial charge in [0.05, 0.1) is 28.5 Å². The third kappa shape index (κ3) is 4.77. The molecule has 1 amide bonds. The first-order valence-corrected chi connectivity index (χ1v) is 8.35. The number of ether oxygens (including phenoxy) is 1. The number of anilines is 1. The van der Waals surface area contributed by atoms with Crippen LogP contribution < -0.4 is 10.1 Å². The minimum Gasteiger partial charge on any atom is -0.495 e. The van der Waals surface area contributed by atoms with Crippen molar-refractivity contribution in [2.45, 2.75) is 4.90 Å². The van der Waals surface area contributed by atoms with Gasteiger partial charge < -0.3 is 10.1 Å². The second-order valence-corrected chi connectivity index (χ2v) is 6.41. The number of carbonyl (C=O) groups excluding carboxylic acids is 1. The number of nitrogens with one attached hydrogen (secondary N) is 1. The molecule has 9 heteroatoms. The molecule has 2 aromatic rings. The summed E-state index contributed by atoms with van der Waals surface area (Å²) in [5.74, 6) is 0.0425. The summed E-state index contributed by atoms with van der Waals surface area (Å²) < 4.78 is 5.10. The van der Waals surface area contributed by atoms with Crippen molar-refractivity contribution in [2.24, 2.45) is 0 Å². The Morgan fingerprint density at radius 3 is 2.71 bits per heavy atom. The number of amides is 1. The van der Waals surface area contributed by atoms with Crippen LogP contribution in [0.1, 0.15) is 0 Å². The molecule has 0 heterocycles. The van der Waals surface area contributed by atoms with Crippen molar-refractivity contribution in [3.8, 4) is 5.75 Å². The van der Waals surface area contributed by atoms with Gasteiger partial charge in [0.2, 0.25) is 5.91 Å². The minimum absolute atomic E-state index is 0.0614. The first-order chi connectivity index (χ1) is 11.4. The fourth-order valence-corrected chi connectivity index (χ4v) is 3.12.